The van der Waals surface area contributed by atoms with Crippen molar-refractivity contribution in [1.82, 2.24) is 4.98 Å². The summed E-state index contributed by atoms with van der Waals surface area (Å²) in [4.78, 5) is 30.3. The first-order valence-corrected chi connectivity index (χ1v) is 8.74. The molecule has 5 nitrogen and oxygen atoms in total. The summed E-state index contributed by atoms with van der Waals surface area (Å²) in [5.41, 5.74) is 1.25. The first-order chi connectivity index (χ1) is 11.6. The molecule has 0 fully saturated rings. The number of para-hydroxylation sites is 1. The minimum Gasteiger partial charge on any atom is -0.451 e. The van der Waals surface area contributed by atoms with Gasteiger partial charge < -0.3 is 4.42 Å². The number of nitrogens with one attached hydrogen (secondary N) is 1. The molecular weight excluding hydrogens is 324 g/mol. The van der Waals surface area contributed by atoms with Crippen LogP contribution in [-0.2, 0) is 12.8 Å². The van der Waals surface area contributed by atoms with Gasteiger partial charge in [0.2, 0.25) is 0 Å². The van der Waals surface area contributed by atoms with Gasteiger partial charge in [-0.2, -0.15) is 0 Å². The monoisotopic (exact) mass is 340 g/mol. The van der Waals surface area contributed by atoms with Crippen LogP contribution in [0.2, 0.25) is 0 Å². The van der Waals surface area contributed by atoms with E-state index in [0.717, 1.165) is 25.0 Å². The second-order valence-electron chi connectivity index (χ2n) is 6.16. The van der Waals surface area contributed by atoms with Crippen LogP contribution >= 0.6 is 11.3 Å². The predicted octanol–water partition coefficient (Wildman–Crippen LogP) is 3.63. The second kappa shape index (κ2) is 5.87. The number of fused-ring (bicyclic) bond motifs is 2. The highest BCUT2D eigenvalue weighted by molar-refractivity contribution is 7.15. The van der Waals surface area contributed by atoms with Crippen molar-refractivity contribution in [3.8, 4) is 0 Å². The Morgan fingerprint density at radius 2 is 2.21 bits per heavy atom. The first-order valence-electron chi connectivity index (χ1n) is 7.93. The Bertz CT molecular complexity index is 989. The highest BCUT2D eigenvalue weighted by Gasteiger charge is 2.21. The Balaban J connectivity index is 1.62. The third-order valence-corrected chi connectivity index (χ3v) is 5.30. The highest BCUT2D eigenvalue weighted by Crippen LogP contribution is 2.32. The minimum absolute atomic E-state index is 0.000222. The van der Waals surface area contributed by atoms with Crippen LogP contribution in [0.15, 0.2) is 39.5 Å². The summed E-state index contributed by atoms with van der Waals surface area (Å²) in [5.74, 6) is 0.206. The van der Waals surface area contributed by atoms with Gasteiger partial charge in [-0.1, -0.05) is 19.1 Å². The average Bonchev–Trinajstić information content (AvgIpc) is 2.96. The van der Waals surface area contributed by atoms with E-state index in [9.17, 15) is 9.59 Å². The van der Waals surface area contributed by atoms with E-state index in [2.05, 4.69) is 17.2 Å². The van der Waals surface area contributed by atoms with E-state index < -0.39 is 5.91 Å². The molecule has 0 aliphatic heterocycles. The van der Waals surface area contributed by atoms with Gasteiger partial charge in [0.1, 0.15) is 5.58 Å². The average molecular weight is 340 g/mol. The fourth-order valence-corrected chi connectivity index (χ4v) is 4.13. The van der Waals surface area contributed by atoms with Gasteiger partial charge in [0.25, 0.3) is 5.91 Å². The van der Waals surface area contributed by atoms with Gasteiger partial charge in [-0.05, 0) is 37.3 Å². The number of carbonyl (C=O) groups excluding carboxylic acids is 1. The lowest BCUT2D eigenvalue weighted by Gasteiger charge is -2.15. The molecule has 4 rings (SSSR count). The van der Waals surface area contributed by atoms with E-state index in [0.29, 0.717) is 22.0 Å². The van der Waals surface area contributed by atoms with Crippen LogP contribution in [0, 0.1) is 5.92 Å². The smallest absolute Gasteiger partial charge is 0.293 e. The summed E-state index contributed by atoms with van der Waals surface area (Å²) in [6.45, 7) is 2.23. The van der Waals surface area contributed by atoms with Crippen molar-refractivity contribution in [2.24, 2.45) is 5.92 Å². The van der Waals surface area contributed by atoms with Gasteiger partial charge in [-0.25, -0.2) is 4.98 Å². The predicted molar refractivity (Wildman–Crippen MR) is 93.7 cm³/mol. The number of aryl methyl sites for hydroxylation is 1. The molecule has 24 heavy (non-hydrogen) atoms. The van der Waals surface area contributed by atoms with Crippen LogP contribution < -0.4 is 10.7 Å². The summed E-state index contributed by atoms with van der Waals surface area (Å²) in [6, 6.07) is 8.12. The molecule has 1 aromatic carbocycles. The normalized spacial score (nSPS) is 16.8. The lowest BCUT2D eigenvalue weighted by Crippen LogP contribution is -2.15. The van der Waals surface area contributed by atoms with Gasteiger partial charge >= 0.3 is 0 Å². The zero-order valence-corrected chi connectivity index (χ0v) is 14.0. The molecule has 2 heterocycles. The molecule has 0 radical (unpaired) electrons. The maximum absolute atomic E-state index is 12.4. The van der Waals surface area contributed by atoms with Crippen LogP contribution in [0.3, 0.4) is 0 Å². The van der Waals surface area contributed by atoms with E-state index in [-0.39, 0.29) is 11.2 Å². The quantitative estimate of drug-likeness (QED) is 0.773. The number of nitrogens with zero attached hydrogens (tertiary/aromatic N) is 1. The molecule has 1 atom stereocenters. The Hall–Kier alpha value is -2.47. The van der Waals surface area contributed by atoms with Crippen molar-refractivity contribution in [3.63, 3.8) is 0 Å². The number of thiazole rings is 1. The van der Waals surface area contributed by atoms with E-state index in [1.165, 1.54) is 22.3 Å². The number of amides is 1. The molecule has 1 aliphatic rings. The molecule has 0 spiro atoms. The van der Waals surface area contributed by atoms with Gasteiger partial charge in [0.15, 0.2) is 16.3 Å². The Morgan fingerprint density at radius 3 is 3.08 bits per heavy atom. The summed E-state index contributed by atoms with van der Waals surface area (Å²) in [5, 5.41) is 3.79. The van der Waals surface area contributed by atoms with Crippen LogP contribution in [0.5, 0.6) is 0 Å². The molecule has 0 saturated heterocycles. The largest absolute Gasteiger partial charge is 0.451 e. The second-order valence-corrected chi connectivity index (χ2v) is 7.25. The van der Waals surface area contributed by atoms with Crippen LogP contribution in [0.25, 0.3) is 11.0 Å². The van der Waals surface area contributed by atoms with Crippen molar-refractivity contribution in [3.05, 3.63) is 56.9 Å². The van der Waals surface area contributed by atoms with Gasteiger partial charge in [0, 0.05) is 10.9 Å². The minimum atomic E-state index is -0.447. The Kier molecular flexibility index (Phi) is 3.69. The number of anilines is 1. The molecule has 1 N–H and O–H groups in total. The molecule has 0 saturated carbocycles. The number of hydrogen-bond acceptors (Lipinski definition) is 5. The first kappa shape index (κ1) is 15.1. The van der Waals surface area contributed by atoms with Crippen molar-refractivity contribution in [2.45, 2.75) is 26.2 Å². The summed E-state index contributed by atoms with van der Waals surface area (Å²) in [7, 11) is 0. The molecule has 122 valence electrons. The maximum Gasteiger partial charge on any atom is 0.293 e. The third kappa shape index (κ3) is 2.73. The number of aromatic nitrogens is 1. The molecular formula is C18H16N2O3S. The van der Waals surface area contributed by atoms with Crippen molar-refractivity contribution >= 4 is 33.3 Å². The third-order valence-electron chi connectivity index (χ3n) is 4.26. The molecule has 2 aromatic heterocycles. The number of rotatable bonds is 2. The topological polar surface area (TPSA) is 72.2 Å². The van der Waals surface area contributed by atoms with Crippen LogP contribution in [0.1, 0.15) is 34.5 Å². The highest BCUT2D eigenvalue weighted by atomic mass is 32.1. The molecule has 1 amide bonds. The van der Waals surface area contributed by atoms with E-state index in [1.807, 2.05) is 0 Å². The van der Waals surface area contributed by atoms with Crippen LogP contribution in [-0.4, -0.2) is 10.9 Å². The SMILES string of the molecule is CC1CCc2nc(NC(=O)c3cc(=O)c4ccccc4o3)sc2C1. The summed E-state index contributed by atoms with van der Waals surface area (Å²) >= 11 is 1.51. The molecule has 1 aliphatic carbocycles. The molecule has 6 heteroatoms. The summed E-state index contributed by atoms with van der Waals surface area (Å²) in [6.07, 6.45) is 3.09. The van der Waals surface area contributed by atoms with Crippen LogP contribution in [0.4, 0.5) is 5.13 Å². The number of hydrogen-bond donors (Lipinski definition) is 1. The number of benzene rings is 1. The number of carbonyl (C=O) groups is 1. The van der Waals surface area contributed by atoms with E-state index >= 15 is 0 Å². The Labute approximate surface area is 142 Å². The lowest BCUT2D eigenvalue weighted by atomic mass is 9.93. The van der Waals surface area contributed by atoms with Crippen molar-refractivity contribution in [1.29, 1.82) is 0 Å². The zero-order valence-electron chi connectivity index (χ0n) is 13.2. The fraction of sp³-hybridized carbons (Fsp3) is 0.278. The van der Waals surface area contributed by atoms with Crippen molar-refractivity contribution < 1.29 is 9.21 Å². The molecule has 0 bridgehead atoms. The summed E-state index contributed by atoms with van der Waals surface area (Å²) < 4.78 is 5.56. The molecule has 1 unspecified atom stereocenters. The van der Waals surface area contributed by atoms with Gasteiger partial charge in [-0.15, -0.1) is 11.3 Å². The Morgan fingerprint density at radius 1 is 1.38 bits per heavy atom. The van der Waals surface area contributed by atoms with E-state index in [1.54, 1.807) is 24.3 Å². The zero-order chi connectivity index (χ0) is 16.7. The maximum atomic E-state index is 12.4. The molecule has 3 aromatic rings. The fourth-order valence-electron chi connectivity index (χ4n) is 2.97. The van der Waals surface area contributed by atoms with Gasteiger partial charge in [0.05, 0.1) is 11.1 Å². The van der Waals surface area contributed by atoms with Gasteiger partial charge in [-0.3, -0.25) is 14.9 Å². The lowest BCUT2D eigenvalue weighted by molar-refractivity contribution is 0.0997. The van der Waals surface area contributed by atoms with Crippen molar-refractivity contribution in [2.75, 3.05) is 5.32 Å². The standard InChI is InChI=1S/C18H16N2O3S/c1-10-6-7-12-16(8-10)24-18(19-12)20-17(22)15-9-13(21)11-4-2-3-5-14(11)23-15/h2-5,9-10H,6-8H2,1H3,(H,19,20,22). The van der Waals surface area contributed by atoms with E-state index in [4.69, 9.17) is 4.42 Å².